The maximum atomic E-state index is 13.0. The third-order valence-corrected chi connectivity index (χ3v) is 9.20. The molecule has 0 bridgehead atoms. The Morgan fingerprint density at radius 1 is 1.37 bits per heavy atom. The fraction of sp³-hybridized carbons (Fsp3) is 0.529. The van der Waals surface area contributed by atoms with Crippen LogP contribution in [0.5, 0.6) is 0 Å². The minimum atomic E-state index is -3.69. The van der Waals surface area contributed by atoms with E-state index in [1.807, 2.05) is 0 Å². The SMILES string of the molecule is CC(C)Cc1cnc(NC(=O)C2CCCCN2S(=O)(=O)c2ccc(Br)s2)s1. The summed E-state index contributed by atoms with van der Waals surface area (Å²) < 4.78 is 28.4. The Balaban J connectivity index is 1.76. The van der Waals surface area contributed by atoms with Gasteiger partial charge in [-0.2, -0.15) is 4.31 Å². The van der Waals surface area contributed by atoms with E-state index in [0.29, 0.717) is 24.0 Å². The summed E-state index contributed by atoms with van der Waals surface area (Å²) in [6, 6.07) is 2.58. The van der Waals surface area contributed by atoms with E-state index >= 15 is 0 Å². The average Bonchev–Trinajstić information content (AvgIpc) is 3.23. The Morgan fingerprint density at radius 2 is 2.15 bits per heavy atom. The molecule has 0 aliphatic carbocycles. The third kappa shape index (κ3) is 4.97. The van der Waals surface area contributed by atoms with E-state index in [0.717, 1.165) is 39.3 Å². The predicted molar refractivity (Wildman–Crippen MR) is 113 cm³/mol. The number of halogens is 1. The van der Waals surface area contributed by atoms with Crippen LogP contribution in [0.4, 0.5) is 5.13 Å². The van der Waals surface area contributed by atoms with Gasteiger partial charge >= 0.3 is 0 Å². The van der Waals surface area contributed by atoms with E-state index in [2.05, 4.69) is 40.1 Å². The molecule has 2 aromatic heterocycles. The van der Waals surface area contributed by atoms with Crippen molar-refractivity contribution < 1.29 is 13.2 Å². The number of thiophene rings is 1. The number of piperidine rings is 1. The van der Waals surface area contributed by atoms with Crippen LogP contribution in [0, 0.1) is 5.92 Å². The van der Waals surface area contributed by atoms with Gasteiger partial charge in [0, 0.05) is 17.6 Å². The second kappa shape index (κ2) is 8.69. The van der Waals surface area contributed by atoms with Crippen molar-refractivity contribution in [1.82, 2.24) is 9.29 Å². The van der Waals surface area contributed by atoms with Crippen molar-refractivity contribution in [1.29, 1.82) is 0 Å². The normalized spacial score (nSPS) is 18.7. The Bertz CT molecular complexity index is 907. The van der Waals surface area contributed by atoms with Crippen LogP contribution in [0.25, 0.3) is 0 Å². The van der Waals surface area contributed by atoms with Gasteiger partial charge in [0.05, 0.1) is 3.79 Å². The fourth-order valence-corrected chi connectivity index (χ4v) is 7.88. The number of carbonyl (C=O) groups is 1. The first-order valence-electron chi connectivity index (χ1n) is 8.80. The van der Waals surface area contributed by atoms with Gasteiger partial charge in [-0.3, -0.25) is 4.79 Å². The maximum absolute atomic E-state index is 13.0. The molecule has 1 fully saturated rings. The van der Waals surface area contributed by atoms with E-state index in [1.165, 1.54) is 15.6 Å². The molecule has 2 aromatic rings. The van der Waals surface area contributed by atoms with Crippen LogP contribution >= 0.6 is 38.6 Å². The number of anilines is 1. The summed E-state index contributed by atoms with van der Waals surface area (Å²) in [5.41, 5.74) is 0. The van der Waals surface area contributed by atoms with Gasteiger partial charge in [-0.25, -0.2) is 13.4 Å². The number of thiazole rings is 1. The summed E-state index contributed by atoms with van der Waals surface area (Å²) in [5.74, 6) is 0.206. The molecule has 148 valence electrons. The van der Waals surface area contributed by atoms with Gasteiger partial charge in [0.2, 0.25) is 5.91 Å². The lowest BCUT2D eigenvalue weighted by atomic mass is 10.0. The summed E-state index contributed by atoms with van der Waals surface area (Å²) in [6.45, 7) is 4.61. The van der Waals surface area contributed by atoms with E-state index in [4.69, 9.17) is 0 Å². The molecular weight excluding hydrogens is 470 g/mol. The minimum Gasteiger partial charge on any atom is -0.301 e. The smallest absolute Gasteiger partial charge is 0.253 e. The lowest BCUT2D eigenvalue weighted by Crippen LogP contribution is -2.49. The van der Waals surface area contributed by atoms with E-state index in [1.54, 1.807) is 18.3 Å². The molecule has 1 N–H and O–H groups in total. The van der Waals surface area contributed by atoms with Gasteiger partial charge in [0.15, 0.2) is 5.13 Å². The van der Waals surface area contributed by atoms with E-state index < -0.39 is 16.1 Å². The maximum Gasteiger partial charge on any atom is 0.253 e. The number of amides is 1. The number of nitrogens with one attached hydrogen (secondary N) is 1. The molecule has 0 saturated carbocycles. The molecule has 0 radical (unpaired) electrons. The Morgan fingerprint density at radius 3 is 2.81 bits per heavy atom. The number of aromatic nitrogens is 1. The van der Waals surface area contributed by atoms with Crippen LogP contribution in [0.2, 0.25) is 0 Å². The largest absolute Gasteiger partial charge is 0.301 e. The van der Waals surface area contributed by atoms with Crippen molar-refractivity contribution in [2.75, 3.05) is 11.9 Å². The van der Waals surface area contributed by atoms with Gasteiger partial charge in [-0.05, 0) is 53.2 Å². The lowest BCUT2D eigenvalue weighted by Gasteiger charge is -2.32. The average molecular weight is 492 g/mol. The van der Waals surface area contributed by atoms with Crippen LogP contribution in [-0.4, -0.2) is 36.2 Å². The van der Waals surface area contributed by atoms with Crippen LogP contribution in [-0.2, 0) is 21.2 Å². The summed E-state index contributed by atoms with van der Waals surface area (Å²) in [5, 5.41) is 3.35. The molecule has 6 nitrogen and oxygen atoms in total. The summed E-state index contributed by atoms with van der Waals surface area (Å²) in [6.07, 6.45) is 4.78. The molecule has 10 heteroatoms. The lowest BCUT2D eigenvalue weighted by molar-refractivity contribution is -0.120. The number of hydrogen-bond acceptors (Lipinski definition) is 6. The monoisotopic (exact) mass is 491 g/mol. The highest BCUT2D eigenvalue weighted by molar-refractivity contribution is 9.11. The third-order valence-electron chi connectivity index (χ3n) is 4.26. The number of sulfonamides is 1. The number of nitrogens with zero attached hydrogens (tertiary/aromatic N) is 2. The number of carbonyl (C=O) groups excluding carboxylic acids is 1. The second-order valence-corrected chi connectivity index (χ2v) is 12.6. The molecule has 1 unspecified atom stereocenters. The van der Waals surface area contributed by atoms with Crippen LogP contribution in [0.3, 0.4) is 0 Å². The minimum absolute atomic E-state index is 0.252. The van der Waals surface area contributed by atoms with Crippen molar-refractivity contribution in [3.05, 3.63) is 27.0 Å². The highest BCUT2D eigenvalue weighted by Gasteiger charge is 2.38. The molecule has 1 aliphatic heterocycles. The highest BCUT2D eigenvalue weighted by atomic mass is 79.9. The Kier molecular flexibility index (Phi) is 6.73. The van der Waals surface area contributed by atoms with Crippen LogP contribution in [0.1, 0.15) is 38.0 Å². The van der Waals surface area contributed by atoms with Crippen molar-refractivity contribution in [2.24, 2.45) is 5.92 Å². The summed E-state index contributed by atoms with van der Waals surface area (Å²) >= 11 is 5.91. The zero-order valence-corrected chi connectivity index (χ0v) is 19.2. The van der Waals surface area contributed by atoms with Gasteiger partial charge < -0.3 is 5.32 Å². The standard InChI is InChI=1S/C17H22BrN3O3S3/c1-11(2)9-12-10-19-17(25-12)20-16(22)13-5-3-4-8-21(13)27(23,24)15-7-6-14(18)26-15/h6-7,10-11,13H,3-5,8-9H2,1-2H3,(H,19,20,22). The molecule has 1 saturated heterocycles. The van der Waals surface area contributed by atoms with Crippen molar-refractivity contribution >= 4 is 59.7 Å². The number of rotatable bonds is 6. The summed E-state index contributed by atoms with van der Waals surface area (Å²) in [7, 11) is -3.69. The van der Waals surface area contributed by atoms with E-state index in [9.17, 15) is 13.2 Å². The molecular formula is C17H22BrN3O3S3. The molecule has 1 amide bonds. The van der Waals surface area contributed by atoms with Crippen LogP contribution < -0.4 is 5.32 Å². The molecule has 3 heterocycles. The first-order chi connectivity index (χ1) is 12.8. The topological polar surface area (TPSA) is 79.4 Å². The molecule has 0 aromatic carbocycles. The van der Waals surface area contributed by atoms with Gasteiger partial charge in [-0.1, -0.05) is 20.3 Å². The van der Waals surface area contributed by atoms with Crippen LogP contribution in [0.15, 0.2) is 26.3 Å². The highest BCUT2D eigenvalue weighted by Crippen LogP contribution is 2.32. The molecule has 3 rings (SSSR count). The number of hydrogen-bond donors (Lipinski definition) is 1. The zero-order valence-electron chi connectivity index (χ0n) is 15.1. The van der Waals surface area contributed by atoms with Crippen molar-refractivity contribution in [3.8, 4) is 0 Å². The van der Waals surface area contributed by atoms with Crippen molar-refractivity contribution in [2.45, 2.75) is 49.8 Å². The molecule has 27 heavy (non-hydrogen) atoms. The summed E-state index contributed by atoms with van der Waals surface area (Å²) in [4.78, 5) is 18.2. The first-order valence-corrected chi connectivity index (χ1v) is 12.7. The zero-order chi connectivity index (χ0) is 19.6. The quantitative estimate of drug-likeness (QED) is 0.651. The van der Waals surface area contributed by atoms with E-state index in [-0.39, 0.29) is 10.1 Å². The second-order valence-electron chi connectivity index (χ2n) is 6.90. The van der Waals surface area contributed by atoms with Crippen molar-refractivity contribution in [3.63, 3.8) is 0 Å². The molecule has 0 spiro atoms. The van der Waals surface area contributed by atoms with Gasteiger partial charge in [0.1, 0.15) is 10.3 Å². The van der Waals surface area contributed by atoms with Gasteiger partial charge in [0.25, 0.3) is 10.0 Å². The molecule has 1 aliphatic rings. The Labute approximate surface area is 176 Å². The van der Waals surface area contributed by atoms with Gasteiger partial charge in [-0.15, -0.1) is 22.7 Å². The Hall–Kier alpha value is -0.810. The fourth-order valence-electron chi connectivity index (χ4n) is 3.06. The predicted octanol–water partition coefficient (Wildman–Crippen LogP) is 4.35. The molecule has 1 atom stereocenters. The first kappa shape index (κ1) is 20.9.